The standard InChI is InChI=1S/C25H28N2O4S/c1-25(2,3)31-24(30)27-12-11-18(15-27)19(23(28)29)14-16-7-6-8-17(13-16)22-26-20-9-4-5-10-21(20)32-22/h4-10,13,18-19H,11-12,14-15H2,1-3H3,(H,28,29)/t18-,19-/m0/s1. The topological polar surface area (TPSA) is 79.7 Å². The van der Waals surface area contributed by atoms with E-state index in [1.807, 2.05) is 63.2 Å². The minimum Gasteiger partial charge on any atom is -0.481 e. The molecule has 1 saturated heterocycles. The number of carboxylic acid groups (broad SMARTS) is 1. The molecule has 1 aromatic heterocycles. The predicted octanol–water partition coefficient (Wildman–Crippen LogP) is 5.46. The van der Waals surface area contributed by atoms with Gasteiger partial charge in [0.15, 0.2) is 0 Å². The molecule has 1 fully saturated rings. The number of fused-ring (bicyclic) bond motifs is 1. The van der Waals surface area contributed by atoms with E-state index in [4.69, 9.17) is 9.72 Å². The molecule has 7 heteroatoms. The van der Waals surface area contributed by atoms with Crippen molar-refractivity contribution in [2.24, 2.45) is 11.8 Å². The highest BCUT2D eigenvalue weighted by Gasteiger charge is 2.37. The average Bonchev–Trinajstić information content (AvgIpc) is 3.38. The van der Waals surface area contributed by atoms with Gasteiger partial charge in [-0.05, 0) is 63.3 Å². The number of hydrogen-bond donors (Lipinski definition) is 1. The van der Waals surface area contributed by atoms with E-state index in [0.29, 0.717) is 25.9 Å². The Morgan fingerprint density at radius 1 is 1.22 bits per heavy atom. The molecule has 2 heterocycles. The molecule has 0 unspecified atom stereocenters. The van der Waals surface area contributed by atoms with Crippen LogP contribution in [-0.4, -0.2) is 45.7 Å². The van der Waals surface area contributed by atoms with Crippen LogP contribution in [-0.2, 0) is 16.0 Å². The molecule has 0 bridgehead atoms. The van der Waals surface area contributed by atoms with E-state index >= 15 is 0 Å². The molecule has 3 aromatic rings. The SMILES string of the molecule is CC(C)(C)OC(=O)N1CC[C@H]([C@H](Cc2cccc(-c3nc4ccccc4s3)c2)C(=O)O)C1. The Morgan fingerprint density at radius 3 is 2.72 bits per heavy atom. The molecule has 6 nitrogen and oxygen atoms in total. The highest BCUT2D eigenvalue weighted by atomic mass is 32.1. The van der Waals surface area contributed by atoms with Crippen LogP contribution in [0.25, 0.3) is 20.8 Å². The minimum absolute atomic E-state index is 0.105. The van der Waals surface area contributed by atoms with Crippen LogP contribution in [0.15, 0.2) is 48.5 Å². The number of hydrogen-bond acceptors (Lipinski definition) is 5. The summed E-state index contributed by atoms with van der Waals surface area (Å²) in [4.78, 5) is 30.9. The molecule has 1 amide bonds. The van der Waals surface area contributed by atoms with Crippen molar-refractivity contribution in [3.8, 4) is 10.6 Å². The van der Waals surface area contributed by atoms with Crippen LogP contribution in [0.3, 0.4) is 0 Å². The third-order valence-electron chi connectivity index (χ3n) is 5.69. The van der Waals surface area contributed by atoms with E-state index in [1.165, 1.54) is 0 Å². The highest BCUT2D eigenvalue weighted by molar-refractivity contribution is 7.21. The van der Waals surface area contributed by atoms with E-state index < -0.39 is 17.5 Å². The molecule has 32 heavy (non-hydrogen) atoms. The number of carboxylic acids is 1. The molecule has 1 aliphatic heterocycles. The Morgan fingerprint density at radius 2 is 2.00 bits per heavy atom. The summed E-state index contributed by atoms with van der Waals surface area (Å²) in [7, 11) is 0. The molecule has 2 aromatic carbocycles. The van der Waals surface area contributed by atoms with E-state index in [2.05, 4.69) is 6.07 Å². The third-order valence-corrected chi connectivity index (χ3v) is 6.77. The van der Waals surface area contributed by atoms with Gasteiger partial charge in [0.25, 0.3) is 0 Å². The lowest BCUT2D eigenvalue weighted by Crippen LogP contribution is -2.36. The first-order valence-corrected chi connectivity index (χ1v) is 11.7. The van der Waals surface area contributed by atoms with E-state index in [-0.39, 0.29) is 12.0 Å². The molecule has 2 atom stereocenters. The first kappa shape index (κ1) is 22.3. The molecular formula is C25H28N2O4S. The summed E-state index contributed by atoms with van der Waals surface area (Å²) in [5.41, 5.74) is 2.36. The zero-order valence-corrected chi connectivity index (χ0v) is 19.4. The van der Waals surface area contributed by atoms with Crippen LogP contribution in [0.2, 0.25) is 0 Å². The number of carbonyl (C=O) groups excluding carboxylic acids is 1. The number of rotatable bonds is 5. The van der Waals surface area contributed by atoms with E-state index in [0.717, 1.165) is 26.4 Å². The van der Waals surface area contributed by atoms with Crippen molar-refractivity contribution in [3.63, 3.8) is 0 Å². The number of likely N-dealkylation sites (tertiary alicyclic amines) is 1. The number of benzene rings is 2. The Bertz CT molecular complexity index is 1100. The van der Waals surface area contributed by atoms with Crippen LogP contribution < -0.4 is 0 Å². The van der Waals surface area contributed by atoms with Crippen LogP contribution >= 0.6 is 11.3 Å². The Labute approximate surface area is 191 Å². The average molecular weight is 453 g/mol. The van der Waals surface area contributed by atoms with Crippen molar-refractivity contribution < 1.29 is 19.4 Å². The largest absolute Gasteiger partial charge is 0.481 e. The second-order valence-corrected chi connectivity index (χ2v) is 10.3. The molecule has 0 radical (unpaired) electrons. The number of aromatic nitrogens is 1. The first-order valence-electron chi connectivity index (χ1n) is 10.9. The summed E-state index contributed by atoms with van der Waals surface area (Å²) in [5.74, 6) is -1.49. The van der Waals surface area contributed by atoms with Gasteiger partial charge in [-0.2, -0.15) is 0 Å². The van der Waals surface area contributed by atoms with Gasteiger partial charge in [0, 0.05) is 18.7 Å². The first-order chi connectivity index (χ1) is 15.2. The van der Waals surface area contributed by atoms with Gasteiger partial charge < -0.3 is 14.7 Å². The maximum absolute atomic E-state index is 12.4. The van der Waals surface area contributed by atoms with Gasteiger partial charge in [-0.25, -0.2) is 9.78 Å². The van der Waals surface area contributed by atoms with E-state index in [1.54, 1.807) is 16.2 Å². The molecule has 1 N–H and O–H groups in total. The summed E-state index contributed by atoms with van der Waals surface area (Å²) in [6.45, 7) is 6.42. The maximum atomic E-state index is 12.4. The second-order valence-electron chi connectivity index (χ2n) is 9.31. The lowest BCUT2D eigenvalue weighted by molar-refractivity contribution is -0.143. The fraction of sp³-hybridized carbons (Fsp3) is 0.400. The number of para-hydroxylation sites is 1. The summed E-state index contributed by atoms with van der Waals surface area (Å²) in [6.07, 6.45) is 0.705. The van der Waals surface area contributed by atoms with Crippen molar-refractivity contribution in [2.75, 3.05) is 13.1 Å². The summed E-state index contributed by atoms with van der Waals surface area (Å²) in [5, 5.41) is 10.9. The number of nitrogens with zero attached hydrogens (tertiary/aromatic N) is 2. The number of ether oxygens (including phenoxy) is 1. The second kappa shape index (κ2) is 8.90. The van der Waals surface area contributed by atoms with Crippen molar-refractivity contribution in [3.05, 3.63) is 54.1 Å². The van der Waals surface area contributed by atoms with Crippen molar-refractivity contribution in [2.45, 2.75) is 39.2 Å². The number of carbonyl (C=O) groups is 2. The predicted molar refractivity (Wildman–Crippen MR) is 126 cm³/mol. The fourth-order valence-corrected chi connectivity index (χ4v) is 5.11. The van der Waals surface area contributed by atoms with Gasteiger partial charge in [0.05, 0.1) is 16.1 Å². The molecule has 0 spiro atoms. The Kier molecular flexibility index (Phi) is 6.20. The van der Waals surface area contributed by atoms with E-state index in [9.17, 15) is 14.7 Å². The third kappa shape index (κ3) is 5.10. The number of thiazole rings is 1. The zero-order valence-electron chi connectivity index (χ0n) is 18.6. The molecule has 0 aliphatic carbocycles. The number of amides is 1. The normalized spacial score (nSPS) is 17.5. The van der Waals surface area contributed by atoms with Crippen LogP contribution in [0, 0.1) is 11.8 Å². The summed E-state index contributed by atoms with van der Waals surface area (Å²) in [6, 6.07) is 16.0. The van der Waals surface area contributed by atoms with Crippen molar-refractivity contribution in [1.29, 1.82) is 0 Å². The molecule has 0 saturated carbocycles. The Hall–Kier alpha value is -2.93. The molecular weight excluding hydrogens is 424 g/mol. The lowest BCUT2D eigenvalue weighted by Gasteiger charge is -2.25. The van der Waals surface area contributed by atoms with Gasteiger partial charge >= 0.3 is 12.1 Å². The van der Waals surface area contributed by atoms with Crippen LogP contribution in [0.4, 0.5) is 4.79 Å². The summed E-state index contributed by atoms with van der Waals surface area (Å²) >= 11 is 1.63. The molecule has 4 rings (SSSR count). The Balaban J connectivity index is 1.49. The van der Waals surface area contributed by atoms with Crippen LogP contribution in [0.1, 0.15) is 32.8 Å². The molecule has 1 aliphatic rings. The van der Waals surface area contributed by atoms with Crippen molar-refractivity contribution in [1.82, 2.24) is 9.88 Å². The van der Waals surface area contributed by atoms with Gasteiger partial charge in [-0.15, -0.1) is 11.3 Å². The van der Waals surface area contributed by atoms with Gasteiger partial charge in [-0.3, -0.25) is 4.79 Å². The smallest absolute Gasteiger partial charge is 0.410 e. The van der Waals surface area contributed by atoms with Gasteiger partial charge in [0.2, 0.25) is 0 Å². The minimum atomic E-state index is -0.827. The highest BCUT2D eigenvalue weighted by Crippen LogP contribution is 2.32. The maximum Gasteiger partial charge on any atom is 0.410 e. The monoisotopic (exact) mass is 452 g/mol. The number of aliphatic carboxylic acids is 1. The zero-order chi connectivity index (χ0) is 22.9. The lowest BCUT2D eigenvalue weighted by atomic mass is 9.86. The van der Waals surface area contributed by atoms with Crippen molar-refractivity contribution >= 4 is 33.6 Å². The van der Waals surface area contributed by atoms with Gasteiger partial charge in [-0.1, -0.05) is 30.3 Å². The van der Waals surface area contributed by atoms with Gasteiger partial charge in [0.1, 0.15) is 10.6 Å². The fourth-order valence-electron chi connectivity index (χ4n) is 4.14. The molecule has 168 valence electrons. The quantitative estimate of drug-likeness (QED) is 0.556. The van der Waals surface area contributed by atoms with Crippen LogP contribution in [0.5, 0.6) is 0 Å². The summed E-state index contributed by atoms with van der Waals surface area (Å²) < 4.78 is 6.58.